The average molecular weight is 351 g/mol. The van der Waals surface area contributed by atoms with Crippen molar-refractivity contribution in [1.82, 2.24) is 0 Å². The Morgan fingerprint density at radius 1 is 1.38 bits per heavy atom. The van der Waals surface area contributed by atoms with Crippen LogP contribution in [-0.2, 0) is 4.79 Å². The van der Waals surface area contributed by atoms with Gasteiger partial charge in [0.1, 0.15) is 0 Å². The summed E-state index contributed by atoms with van der Waals surface area (Å²) in [7, 11) is 0. The van der Waals surface area contributed by atoms with Crippen LogP contribution in [0, 0.1) is 10.1 Å². The molecule has 7 heteroatoms. The van der Waals surface area contributed by atoms with Gasteiger partial charge in [-0.1, -0.05) is 0 Å². The van der Waals surface area contributed by atoms with Crippen LogP contribution >= 0.6 is 31.9 Å². The minimum absolute atomic E-state index is 0.0776. The Hall–Kier alpha value is -1.21. The van der Waals surface area contributed by atoms with Gasteiger partial charge >= 0.3 is 5.97 Å². The van der Waals surface area contributed by atoms with Crippen molar-refractivity contribution in [2.45, 2.75) is 0 Å². The molecule has 1 N–H and O–H groups in total. The minimum atomic E-state index is -1.09. The van der Waals surface area contributed by atoms with E-state index in [0.717, 1.165) is 6.08 Å². The lowest BCUT2D eigenvalue weighted by Gasteiger charge is -2.02. The van der Waals surface area contributed by atoms with Crippen LogP contribution in [0.25, 0.3) is 6.08 Å². The summed E-state index contributed by atoms with van der Waals surface area (Å²) >= 11 is 6.28. The first-order valence-electron chi connectivity index (χ1n) is 3.96. The molecule has 0 saturated heterocycles. The maximum absolute atomic E-state index is 10.5. The van der Waals surface area contributed by atoms with Gasteiger partial charge in [0.15, 0.2) is 0 Å². The van der Waals surface area contributed by atoms with Crippen molar-refractivity contribution in [3.05, 3.63) is 42.8 Å². The fourth-order valence-electron chi connectivity index (χ4n) is 0.990. The van der Waals surface area contributed by atoms with Gasteiger partial charge in [-0.3, -0.25) is 10.1 Å². The van der Waals surface area contributed by atoms with Gasteiger partial charge in [-0.05, 0) is 37.9 Å². The predicted octanol–water partition coefficient (Wildman–Crippen LogP) is 3.22. The van der Waals surface area contributed by atoms with E-state index in [0.29, 0.717) is 14.5 Å². The summed E-state index contributed by atoms with van der Waals surface area (Å²) in [5.74, 6) is -1.09. The van der Waals surface area contributed by atoms with Crippen LogP contribution in [0.5, 0.6) is 0 Å². The zero-order valence-electron chi connectivity index (χ0n) is 7.68. The molecule has 0 radical (unpaired) electrons. The zero-order chi connectivity index (χ0) is 12.3. The molecule has 0 aliphatic rings. The number of hydrogen-bond acceptors (Lipinski definition) is 3. The number of rotatable bonds is 3. The first-order valence-corrected chi connectivity index (χ1v) is 5.55. The van der Waals surface area contributed by atoms with Gasteiger partial charge in [-0.2, -0.15) is 0 Å². The second-order valence-electron chi connectivity index (χ2n) is 2.75. The number of hydrogen-bond donors (Lipinski definition) is 1. The van der Waals surface area contributed by atoms with Gasteiger partial charge in [-0.15, -0.1) is 0 Å². The number of carboxylic acids is 1. The highest BCUT2D eigenvalue weighted by atomic mass is 79.9. The van der Waals surface area contributed by atoms with Crippen LogP contribution < -0.4 is 0 Å². The number of carboxylic acid groups (broad SMARTS) is 1. The lowest BCUT2D eigenvalue weighted by molar-refractivity contribution is -0.385. The molecule has 0 heterocycles. The number of carbonyl (C=O) groups is 1. The predicted molar refractivity (Wildman–Crippen MR) is 65.2 cm³/mol. The van der Waals surface area contributed by atoms with E-state index >= 15 is 0 Å². The molecule has 0 aromatic heterocycles. The standard InChI is InChI=1S/C9H5Br2NO4/c10-7-3-5(12(15)16)4-8(11)6(7)1-2-9(13)14/h1-4H,(H,13,14)/b2-1+. The van der Waals surface area contributed by atoms with Crippen LogP contribution in [0.2, 0.25) is 0 Å². The van der Waals surface area contributed by atoms with Crippen molar-refractivity contribution >= 4 is 49.6 Å². The molecule has 0 aliphatic carbocycles. The van der Waals surface area contributed by atoms with Gasteiger partial charge in [-0.25, -0.2) is 4.79 Å². The maximum atomic E-state index is 10.5. The van der Waals surface area contributed by atoms with Gasteiger partial charge in [0.2, 0.25) is 0 Å². The molecule has 0 unspecified atom stereocenters. The van der Waals surface area contributed by atoms with E-state index in [9.17, 15) is 14.9 Å². The summed E-state index contributed by atoms with van der Waals surface area (Å²) in [6.07, 6.45) is 2.30. The molecular formula is C9H5Br2NO4. The second kappa shape index (κ2) is 5.22. The molecule has 0 spiro atoms. The number of nitro benzene ring substituents is 1. The van der Waals surface area contributed by atoms with Crippen molar-refractivity contribution in [3.8, 4) is 0 Å². The molecule has 0 amide bonds. The fraction of sp³-hybridized carbons (Fsp3) is 0. The van der Waals surface area contributed by atoms with Crippen molar-refractivity contribution in [1.29, 1.82) is 0 Å². The number of nitrogens with zero attached hydrogens (tertiary/aromatic N) is 1. The topological polar surface area (TPSA) is 80.4 Å². The molecule has 0 aliphatic heterocycles. The zero-order valence-corrected chi connectivity index (χ0v) is 10.9. The summed E-state index contributed by atoms with van der Waals surface area (Å²) in [6, 6.07) is 2.62. The summed E-state index contributed by atoms with van der Waals surface area (Å²) in [5.41, 5.74) is 0.458. The average Bonchev–Trinajstić information content (AvgIpc) is 2.15. The lowest BCUT2D eigenvalue weighted by atomic mass is 10.2. The SMILES string of the molecule is O=C(O)/C=C/c1c(Br)cc([N+](=O)[O-])cc1Br. The smallest absolute Gasteiger partial charge is 0.328 e. The van der Waals surface area contributed by atoms with Crippen LogP contribution in [0.4, 0.5) is 5.69 Å². The largest absolute Gasteiger partial charge is 0.478 e. The number of aliphatic carboxylic acids is 1. The molecule has 1 aromatic rings. The molecule has 1 rings (SSSR count). The molecule has 1 aromatic carbocycles. The summed E-state index contributed by atoms with van der Waals surface area (Å²) in [4.78, 5) is 20.4. The molecular weight excluding hydrogens is 346 g/mol. The summed E-state index contributed by atoms with van der Waals surface area (Å²) < 4.78 is 0.900. The second-order valence-corrected chi connectivity index (χ2v) is 4.46. The van der Waals surface area contributed by atoms with Gasteiger partial charge in [0.25, 0.3) is 5.69 Å². The third-order valence-corrected chi connectivity index (χ3v) is 2.98. The lowest BCUT2D eigenvalue weighted by Crippen LogP contribution is -1.91. The Labute approximate surface area is 107 Å². The Morgan fingerprint density at radius 2 is 1.88 bits per heavy atom. The number of nitro groups is 1. The fourth-order valence-corrected chi connectivity index (χ4v) is 2.42. The van der Waals surface area contributed by atoms with E-state index in [1.54, 1.807) is 0 Å². The minimum Gasteiger partial charge on any atom is -0.478 e. The summed E-state index contributed by atoms with van der Waals surface area (Å²) in [5, 5.41) is 19.0. The van der Waals surface area contributed by atoms with Crippen molar-refractivity contribution in [2.24, 2.45) is 0 Å². The van der Waals surface area contributed by atoms with E-state index in [4.69, 9.17) is 5.11 Å². The molecule has 84 valence electrons. The third kappa shape index (κ3) is 3.14. The molecule has 0 bridgehead atoms. The van der Waals surface area contributed by atoms with Crippen LogP contribution in [0.3, 0.4) is 0 Å². The van der Waals surface area contributed by atoms with E-state index in [2.05, 4.69) is 31.9 Å². The van der Waals surface area contributed by atoms with Gasteiger partial charge in [0, 0.05) is 32.7 Å². The molecule has 16 heavy (non-hydrogen) atoms. The number of non-ortho nitro benzene ring substituents is 1. The monoisotopic (exact) mass is 349 g/mol. The first-order chi connectivity index (χ1) is 7.41. The molecule has 0 atom stereocenters. The van der Waals surface area contributed by atoms with Gasteiger partial charge in [0.05, 0.1) is 4.92 Å². The molecule has 0 fully saturated rings. The van der Waals surface area contributed by atoms with Crippen LogP contribution in [0.15, 0.2) is 27.2 Å². The van der Waals surface area contributed by atoms with E-state index in [1.807, 2.05) is 0 Å². The number of benzene rings is 1. The van der Waals surface area contributed by atoms with Gasteiger partial charge < -0.3 is 5.11 Å². The summed E-state index contributed by atoms with van der Waals surface area (Å²) in [6.45, 7) is 0. The Morgan fingerprint density at radius 3 is 2.25 bits per heavy atom. The Kier molecular flexibility index (Phi) is 4.19. The highest BCUT2D eigenvalue weighted by Gasteiger charge is 2.12. The number of halogens is 2. The van der Waals surface area contributed by atoms with E-state index in [-0.39, 0.29) is 5.69 Å². The normalized spacial score (nSPS) is 10.6. The van der Waals surface area contributed by atoms with Crippen molar-refractivity contribution < 1.29 is 14.8 Å². The van der Waals surface area contributed by atoms with E-state index in [1.165, 1.54) is 18.2 Å². The van der Waals surface area contributed by atoms with Crippen molar-refractivity contribution in [3.63, 3.8) is 0 Å². The first kappa shape index (κ1) is 12.9. The molecule has 5 nitrogen and oxygen atoms in total. The van der Waals surface area contributed by atoms with Crippen LogP contribution in [0.1, 0.15) is 5.56 Å². The highest BCUT2D eigenvalue weighted by molar-refractivity contribution is 9.11. The maximum Gasteiger partial charge on any atom is 0.328 e. The van der Waals surface area contributed by atoms with Crippen molar-refractivity contribution in [2.75, 3.05) is 0 Å². The highest BCUT2D eigenvalue weighted by Crippen LogP contribution is 2.31. The quantitative estimate of drug-likeness (QED) is 0.515. The van der Waals surface area contributed by atoms with Crippen LogP contribution in [-0.4, -0.2) is 16.0 Å². The Balaban J connectivity index is 3.22. The molecule has 0 saturated carbocycles. The Bertz CT molecular complexity index is 461. The third-order valence-electron chi connectivity index (χ3n) is 1.67. The van der Waals surface area contributed by atoms with E-state index < -0.39 is 10.9 Å².